The third-order valence-electron chi connectivity index (χ3n) is 6.66. The van der Waals surface area contributed by atoms with Crippen LogP contribution in [0.2, 0.25) is 0 Å². The van der Waals surface area contributed by atoms with Crippen LogP contribution >= 0.6 is 0 Å². The number of anilines is 2. The van der Waals surface area contributed by atoms with Crippen LogP contribution < -0.4 is 20.1 Å². The summed E-state index contributed by atoms with van der Waals surface area (Å²) in [4.78, 5) is 28.0. The van der Waals surface area contributed by atoms with Crippen LogP contribution in [0.4, 0.5) is 11.6 Å². The molecule has 2 aromatic carbocycles. The number of nitrogens with zero attached hydrogens (tertiary/aromatic N) is 5. The maximum atomic E-state index is 13.6. The van der Waals surface area contributed by atoms with Crippen molar-refractivity contribution >= 4 is 23.5 Å². The van der Waals surface area contributed by atoms with E-state index in [1.807, 2.05) is 49.1 Å². The second-order valence-corrected chi connectivity index (χ2v) is 9.20. The van der Waals surface area contributed by atoms with Crippen molar-refractivity contribution in [1.29, 1.82) is 0 Å². The highest BCUT2D eigenvalue weighted by Crippen LogP contribution is 2.36. The molecule has 1 aromatic heterocycles. The first-order chi connectivity index (χ1) is 18.5. The van der Waals surface area contributed by atoms with Crippen molar-refractivity contribution < 1.29 is 19.1 Å². The summed E-state index contributed by atoms with van der Waals surface area (Å²) in [5, 5.41) is 18.1. The Balaban J connectivity index is 1.36. The molecule has 1 unspecified atom stereocenters. The average molecular weight is 518 g/mol. The van der Waals surface area contributed by atoms with Gasteiger partial charge in [-0.25, -0.2) is 0 Å². The summed E-state index contributed by atoms with van der Waals surface area (Å²) in [6.07, 6.45) is 3.24. The second-order valence-electron chi connectivity index (χ2n) is 9.20. The lowest BCUT2D eigenvalue weighted by molar-refractivity contribution is -0.134. The van der Waals surface area contributed by atoms with Crippen LogP contribution in [0, 0.1) is 0 Å². The molecule has 1 atom stereocenters. The molecule has 1 fully saturated rings. The van der Waals surface area contributed by atoms with Crippen LogP contribution in [0.1, 0.15) is 44.7 Å². The first-order valence-corrected chi connectivity index (χ1v) is 12.8. The van der Waals surface area contributed by atoms with Gasteiger partial charge in [0.1, 0.15) is 17.5 Å². The van der Waals surface area contributed by atoms with Gasteiger partial charge in [0.2, 0.25) is 5.95 Å². The number of allylic oxidation sites excluding steroid dienone is 1. The average Bonchev–Trinajstić information content (AvgIpc) is 3.41. The Kier molecular flexibility index (Phi) is 7.52. The number of tetrazole rings is 1. The first kappa shape index (κ1) is 25.2. The zero-order chi connectivity index (χ0) is 26.5. The Hall–Kier alpha value is -4.41. The van der Waals surface area contributed by atoms with Crippen LogP contribution in [0.5, 0.6) is 11.5 Å². The van der Waals surface area contributed by atoms with Gasteiger partial charge in [0.05, 0.1) is 17.9 Å². The number of carbonyl (C=O) groups is 2. The van der Waals surface area contributed by atoms with Gasteiger partial charge in [-0.3, -0.25) is 9.59 Å². The molecule has 1 saturated heterocycles. The zero-order valence-electron chi connectivity index (χ0n) is 21.5. The molecule has 0 spiro atoms. The van der Waals surface area contributed by atoms with E-state index >= 15 is 0 Å². The van der Waals surface area contributed by atoms with Gasteiger partial charge in [-0.2, -0.15) is 4.68 Å². The third kappa shape index (κ3) is 5.31. The maximum absolute atomic E-state index is 13.6. The predicted octanol–water partition coefficient (Wildman–Crippen LogP) is 3.39. The van der Waals surface area contributed by atoms with E-state index in [1.54, 1.807) is 22.9 Å². The maximum Gasteiger partial charge on any atom is 0.260 e. The van der Waals surface area contributed by atoms with Crippen LogP contribution in [-0.4, -0.2) is 63.2 Å². The van der Waals surface area contributed by atoms with Crippen LogP contribution in [-0.2, 0) is 9.59 Å². The van der Waals surface area contributed by atoms with Crippen molar-refractivity contribution in [2.75, 3.05) is 36.9 Å². The highest BCUT2D eigenvalue weighted by molar-refractivity contribution is 6.06. The molecular weight excluding hydrogens is 486 g/mol. The molecule has 0 aliphatic carbocycles. The number of carbonyl (C=O) groups excluding carboxylic acids is 2. The SMILES string of the molecule is CCOc1ccccc1NC(=O)C1=C(C)Nc2nnnn2C1c1ccc(OCC(=O)N2CCCCC2)cc1. The molecule has 3 heterocycles. The van der Waals surface area contributed by atoms with Crippen molar-refractivity contribution in [3.8, 4) is 11.5 Å². The number of amides is 2. The monoisotopic (exact) mass is 517 g/mol. The number of ether oxygens (including phenoxy) is 2. The largest absolute Gasteiger partial charge is 0.492 e. The van der Waals surface area contributed by atoms with Gasteiger partial charge in [-0.15, -0.1) is 0 Å². The number of para-hydroxylation sites is 2. The van der Waals surface area contributed by atoms with Crippen molar-refractivity contribution in [3.05, 3.63) is 65.4 Å². The van der Waals surface area contributed by atoms with E-state index in [1.165, 1.54) is 6.42 Å². The summed E-state index contributed by atoms with van der Waals surface area (Å²) in [6, 6.07) is 14.0. The molecule has 2 amide bonds. The van der Waals surface area contributed by atoms with Crippen molar-refractivity contribution in [2.45, 2.75) is 39.2 Å². The van der Waals surface area contributed by atoms with Gasteiger partial charge in [0.15, 0.2) is 6.61 Å². The van der Waals surface area contributed by atoms with Gasteiger partial charge < -0.3 is 25.0 Å². The molecule has 198 valence electrons. The van der Waals surface area contributed by atoms with Gasteiger partial charge >= 0.3 is 0 Å². The smallest absolute Gasteiger partial charge is 0.260 e. The summed E-state index contributed by atoms with van der Waals surface area (Å²) < 4.78 is 13.0. The number of hydrogen-bond donors (Lipinski definition) is 2. The van der Waals surface area contributed by atoms with E-state index in [0.717, 1.165) is 31.5 Å². The standard InChI is InChI=1S/C27H31N7O4/c1-3-37-22-10-6-5-9-21(22)29-26(36)24-18(2)28-27-30-31-32-34(27)25(24)19-11-13-20(14-12-19)38-17-23(35)33-15-7-4-8-16-33/h5-6,9-14,25H,3-4,7-8,15-17H2,1-2H3,(H,29,36)(H,28,30,32). The fourth-order valence-electron chi connectivity index (χ4n) is 4.78. The number of hydrogen-bond acceptors (Lipinski definition) is 8. The van der Waals surface area contributed by atoms with Gasteiger partial charge in [-0.1, -0.05) is 29.4 Å². The summed E-state index contributed by atoms with van der Waals surface area (Å²) >= 11 is 0. The summed E-state index contributed by atoms with van der Waals surface area (Å²) in [5.74, 6) is 1.29. The third-order valence-corrected chi connectivity index (χ3v) is 6.66. The van der Waals surface area contributed by atoms with Crippen molar-refractivity contribution in [2.24, 2.45) is 0 Å². The first-order valence-electron chi connectivity index (χ1n) is 12.8. The number of piperidine rings is 1. The van der Waals surface area contributed by atoms with Crippen molar-refractivity contribution in [1.82, 2.24) is 25.1 Å². The number of aromatic nitrogens is 4. The topological polar surface area (TPSA) is 124 Å². The minimum Gasteiger partial charge on any atom is -0.492 e. The zero-order valence-corrected chi connectivity index (χ0v) is 21.5. The summed E-state index contributed by atoms with van der Waals surface area (Å²) in [7, 11) is 0. The molecule has 0 saturated carbocycles. The van der Waals surface area contributed by atoms with Crippen LogP contribution in [0.3, 0.4) is 0 Å². The van der Waals surface area contributed by atoms with Crippen molar-refractivity contribution in [3.63, 3.8) is 0 Å². The fourth-order valence-corrected chi connectivity index (χ4v) is 4.78. The van der Waals surface area contributed by atoms with E-state index in [2.05, 4.69) is 26.2 Å². The molecule has 2 aliphatic rings. The molecular formula is C27H31N7O4. The molecule has 0 bridgehead atoms. The normalized spacial score (nSPS) is 16.9. The van der Waals surface area contributed by atoms with Gasteiger partial charge in [-0.05, 0) is 73.4 Å². The lowest BCUT2D eigenvalue weighted by atomic mass is 9.95. The number of rotatable bonds is 8. The summed E-state index contributed by atoms with van der Waals surface area (Å²) in [6.45, 7) is 5.76. The molecule has 11 nitrogen and oxygen atoms in total. The molecule has 3 aromatic rings. The molecule has 11 heteroatoms. The molecule has 0 radical (unpaired) electrons. The van der Waals surface area contributed by atoms with Crippen LogP contribution in [0.25, 0.3) is 0 Å². The Morgan fingerprint density at radius 3 is 2.58 bits per heavy atom. The Morgan fingerprint density at radius 1 is 1.05 bits per heavy atom. The number of fused-ring (bicyclic) bond motifs is 1. The van der Waals surface area contributed by atoms with E-state index in [4.69, 9.17) is 9.47 Å². The minimum absolute atomic E-state index is 0.00422. The second kappa shape index (κ2) is 11.3. The Morgan fingerprint density at radius 2 is 1.82 bits per heavy atom. The lowest BCUT2D eigenvalue weighted by Crippen LogP contribution is -2.38. The highest BCUT2D eigenvalue weighted by atomic mass is 16.5. The molecule has 5 rings (SSSR count). The van der Waals surface area contributed by atoms with Gasteiger partial charge in [0, 0.05) is 18.8 Å². The highest BCUT2D eigenvalue weighted by Gasteiger charge is 2.34. The van der Waals surface area contributed by atoms with E-state index < -0.39 is 6.04 Å². The number of benzene rings is 2. The van der Waals surface area contributed by atoms with Crippen LogP contribution in [0.15, 0.2) is 59.8 Å². The Bertz CT molecular complexity index is 1330. The van der Waals surface area contributed by atoms with Gasteiger partial charge in [0.25, 0.3) is 11.8 Å². The molecule has 2 aliphatic heterocycles. The lowest BCUT2D eigenvalue weighted by Gasteiger charge is -2.28. The quantitative estimate of drug-likeness (QED) is 0.466. The van der Waals surface area contributed by atoms with E-state index in [-0.39, 0.29) is 18.4 Å². The van der Waals surface area contributed by atoms with E-state index in [0.29, 0.717) is 41.0 Å². The summed E-state index contributed by atoms with van der Waals surface area (Å²) in [5.41, 5.74) is 2.46. The predicted molar refractivity (Wildman–Crippen MR) is 141 cm³/mol. The number of likely N-dealkylation sites (tertiary alicyclic amines) is 1. The Labute approximate surface area is 220 Å². The fraction of sp³-hybridized carbons (Fsp3) is 0.370. The molecule has 38 heavy (non-hydrogen) atoms. The number of nitrogens with one attached hydrogen (secondary N) is 2. The minimum atomic E-state index is -0.579. The molecule has 2 N–H and O–H groups in total. The van der Waals surface area contributed by atoms with E-state index in [9.17, 15) is 9.59 Å².